The summed E-state index contributed by atoms with van der Waals surface area (Å²) in [5, 5.41) is 0. The van der Waals surface area contributed by atoms with Crippen molar-refractivity contribution in [2.24, 2.45) is 0 Å². The van der Waals surface area contributed by atoms with E-state index >= 15 is 0 Å². The minimum atomic E-state index is -1.27. The van der Waals surface area contributed by atoms with E-state index in [1.54, 1.807) is 11.1 Å². The Hall–Kier alpha value is -1.67. The van der Waals surface area contributed by atoms with Crippen LogP contribution >= 0.6 is 0 Å². The van der Waals surface area contributed by atoms with E-state index in [0.717, 1.165) is 12.8 Å². The first-order valence-corrected chi connectivity index (χ1v) is 11.3. The molecule has 0 radical (unpaired) electrons. The Morgan fingerprint density at radius 3 is 2.43 bits per heavy atom. The average molecular weight is 293 g/mol. The lowest BCUT2D eigenvalue weighted by molar-refractivity contribution is 0.861. The lowest BCUT2D eigenvalue weighted by atomic mass is 10.0. The van der Waals surface area contributed by atoms with Crippen molar-refractivity contribution in [2.75, 3.05) is 0 Å². The number of pyridine rings is 1. The Kier molecular flexibility index (Phi) is 3.81. The van der Waals surface area contributed by atoms with Crippen molar-refractivity contribution in [1.82, 2.24) is 4.98 Å². The fraction of sp³-hybridized carbons (Fsp3) is 0.316. The summed E-state index contributed by atoms with van der Waals surface area (Å²) in [5.74, 6) is 0. The summed E-state index contributed by atoms with van der Waals surface area (Å²) in [6, 6.07) is 15.1. The number of hydrogen-bond acceptors (Lipinski definition) is 1. The number of aromatic nitrogens is 1. The molecule has 1 nitrogen and oxygen atoms in total. The monoisotopic (exact) mass is 293 g/mol. The molecule has 1 aromatic heterocycles. The zero-order chi connectivity index (χ0) is 14.9. The number of fused-ring (bicyclic) bond motifs is 1. The first-order chi connectivity index (χ1) is 10.1. The number of hydrogen-bond donors (Lipinski definition) is 0. The first kappa shape index (κ1) is 14.3. The van der Waals surface area contributed by atoms with Crippen LogP contribution in [0.15, 0.2) is 54.2 Å². The van der Waals surface area contributed by atoms with Crippen LogP contribution in [0.25, 0.3) is 6.08 Å². The molecule has 21 heavy (non-hydrogen) atoms. The van der Waals surface area contributed by atoms with Gasteiger partial charge in [-0.3, -0.25) is 4.98 Å². The molecule has 0 amide bonds. The Labute approximate surface area is 128 Å². The number of rotatable bonds is 4. The van der Waals surface area contributed by atoms with Crippen molar-refractivity contribution in [3.8, 4) is 0 Å². The van der Waals surface area contributed by atoms with E-state index in [1.165, 1.54) is 11.3 Å². The van der Waals surface area contributed by atoms with Crippen LogP contribution in [-0.4, -0.2) is 13.1 Å². The van der Waals surface area contributed by atoms with Crippen LogP contribution in [0.1, 0.15) is 28.8 Å². The van der Waals surface area contributed by atoms with E-state index in [2.05, 4.69) is 67.1 Å². The van der Waals surface area contributed by atoms with Crippen molar-refractivity contribution in [1.29, 1.82) is 0 Å². The SMILES string of the molecule is C[Si](C)(C)C1C(CCc2ccccn2)=Cc2ccccc21. The van der Waals surface area contributed by atoms with Crippen LogP contribution in [0.3, 0.4) is 0 Å². The van der Waals surface area contributed by atoms with Gasteiger partial charge in [0.05, 0.1) is 8.07 Å². The van der Waals surface area contributed by atoms with E-state index in [0.29, 0.717) is 5.54 Å². The van der Waals surface area contributed by atoms with Gasteiger partial charge in [0, 0.05) is 17.4 Å². The molecule has 0 saturated heterocycles. The van der Waals surface area contributed by atoms with Gasteiger partial charge < -0.3 is 0 Å². The second kappa shape index (κ2) is 5.61. The molecule has 1 atom stereocenters. The van der Waals surface area contributed by atoms with E-state index in [-0.39, 0.29) is 0 Å². The Balaban J connectivity index is 1.84. The standard InChI is InChI=1S/C19H23NSi/c1-21(2,3)19-16(11-12-17-9-6-7-13-20-17)14-15-8-4-5-10-18(15)19/h4-10,13-14,19H,11-12H2,1-3H3. The maximum atomic E-state index is 4.46. The predicted molar refractivity (Wildman–Crippen MR) is 93.1 cm³/mol. The molecule has 108 valence electrons. The molecule has 3 rings (SSSR count). The summed E-state index contributed by atoms with van der Waals surface area (Å²) in [6.45, 7) is 7.44. The summed E-state index contributed by atoms with van der Waals surface area (Å²) in [7, 11) is -1.27. The molecular formula is C19H23NSi. The molecule has 1 aliphatic rings. The number of nitrogens with zero attached hydrogens (tertiary/aromatic N) is 1. The normalized spacial score (nSPS) is 17.5. The summed E-state index contributed by atoms with van der Waals surface area (Å²) in [5.41, 5.74) is 6.45. The van der Waals surface area contributed by atoms with E-state index in [9.17, 15) is 0 Å². The topological polar surface area (TPSA) is 12.9 Å². The molecule has 0 N–H and O–H groups in total. The lowest BCUT2D eigenvalue weighted by Crippen LogP contribution is -2.31. The second-order valence-corrected chi connectivity index (χ2v) is 12.3. The highest BCUT2D eigenvalue weighted by Crippen LogP contribution is 2.43. The zero-order valence-electron chi connectivity index (χ0n) is 13.1. The van der Waals surface area contributed by atoms with Crippen LogP contribution in [0.4, 0.5) is 0 Å². The molecule has 1 aromatic carbocycles. The fourth-order valence-corrected chi connectivity index (χ4v) is 5.98. The van der Waals surface area contributed by atoms with Gasteiger partial charge in [-0.2, -0.15) is 0 Å². The summed E-state index contributed by atoms with van der Waals surface area (Å²) < 4.78 is 0. The van der Waals surface area contributed by atoms with Crippen LogP contribution in [0.5, 0.6) is 0 Å². The summed E-state index contributed by atoms with van der Waals surface area (Å²) >= 11 is 0. The minimum absolute atomic E-state index is 0.664. The number of benzene rings is 1. The van der Waals surface area contributed by atoms with Gasteiger partial charge in [0.1, 0.15) is 0 Å². The average Bonchev–Trinajstić information content (AvgIpc) is 2.84. The molecule has 2 aromatic rings. The van der Waals surface area contributed by atoms with Crippen molar-refractivity contribution in [3.63, 3.8) is 0 Å². The highest BCUT2D eigenvalue weighted by molar-refractivity contribution is 6.78. The molecule has 0 spiro atoms. The van der Waals surface area contributed by atoms with Gasteiger partial charge in [-0.1, -0.05) is 61.6 Å². The van der Waals surface area contributed by atoms with Gasteiger partial charge in [0.15, 0.2) is 0 Å². The zero-order valence-corrected chi connectivity index (χ0v) is 14.1. The van der Waals surface area contributed by atoms with Gasteiger partial charge >= 0.3 is 0 Å². The molecule has 0 saturated carbocycles. The van der Waals surface area contributed by atoms with Gasteiger partial charge in [0.2, 0.25) is 0 Å². The van der Waals surface area contributed by atoms with Gasteiger partial charge in [-0.15, -0.1) is 0 Å². The second-order valence-electron chi connectivity index (χ2n) is 6.97. The van der Waals surface area contributed by atoms with Crippen molar-refractivity contribution in [2.45, 2.75) is 38.0 Å². The molecular weight excluding hydrogens is 270 g/mol. The molecule has 1 heterocycles. The molecule has 0 aliphatic heterocycles. The van der Waals surface area contributed by atoms with Gasteiger partial charge in [0.25, 0.3) is 0 Å². The third-order valence-corrected chi connectivity index (χ3v) is 6.69. The number of aryl methyl sites for hydroxylation is 1. The number of allylic oxidation sites excluding steroid dienone is 1. The molecule has 1 unspecified atom stereocenters. The van der Waals surface area contributed by atoms with Crippen molar-refractivity contribution >= 4 is 14.1 Å². The van der Waals surface area contributed by atoms with E-state index in [1.807, 2.05) is 12.3 Å². The Morgan fingerprint density at radius 2 is 1.71 bits per heavy atom. The van der Waals surface area contributed by atoms with Gasteiger partial charge in [-0.05, 0) is 36.1 Å². The molecule has 2 heteroatoms. The van der Waals surface area contributed by atoms with Crippen molar-refractivity contribution in [3.05, 3.63) is 71.1 Å². The Bertz CT molecular complexity index is 653. The fourth-order valence-electron chi connectivity index (χ4n) is 3.45. The third-order valence-electron chi connectivity index (χ3n) is 4.28. The highest BCUT2D eigenvalue weighted by atomic mass is 28.3. The Morgan fingerprint density at radius 1 is 0.952 bits per heavy atom. The largest absolute Gasteiger partial charge is 0.261 e. The summed E-state index contributed by atoms with van der Waals surface area (Å²) in [6.07, 6.45) is 6.49. The molecule has 0 bridgehead atoms. The van der Waals surface area contributed by atoms with E-state index in [4.69, 9.17) is 0 Å². The quantitative estimate of drug-likeness (QED) is 0.717. The highest BCUT2D eigenvalue weighted by Gasteiger charge is 2.35. The smallest absolute Gasteiger partial charge is 0.0569 e. The van der Waals surface area contributed by atoms with Gasteiger partial charge in [-0.25, -0.2) is 0 Å². The maximum Gasteiger partial charge on any atom is 0.0569 e. The van der Waals surface area contributed by atoms with Crippen LogP contribution in [0, 0.1) is 0 Å². The van der Waals surface area contributed by atoms with E-state index < -0.39 is 8.07 Å². The third kappa shape index (κ3) is 3.00. The lowest BCUT2D eigenvalue weighted by Gasteiger charge is -2.29. The molecule has 0 fully saturated rings. The molecule has 1 aliphatic carbocycles. The van der Waals surface area contributed by atoms with Crippen LogP contribution in [0.2, 0.25) is 19.6 Å². The minimum Gasteiger partial charge on any atom is -0.261 e. The summed E-state index contributed by atoms with van der Waals surface area (Å²) in [4.78, 5) is 4.46. The van der Waals surface area contributed by atoms with Crippen molar-refractivity contribution < 1.29 is 0 Å². The van der Waals surface area contributed by atoms with Crippen LogP contribution in [-0.2, 0) is 6.42 Å². The predicted octanol–water partition coefficient (Wildman–Crippen LogP) is 5.07. The van der Waals surface area contributed by atoms with Crippen LogP contribution < -0.4 is 0 Å². The first-order valence-electron chi connectivity index (χ1n) is 7.75. The maximum absolute atomic E-state index is 4.46.